The predicted molar refractivity (Wildman–Crippen MR) is 81.9 cm³/mol. The Morgan fingerprint density at radius 2 is 1.90 bits per heavy atom. The summed E-state index contributed by atoms with van der Waals surface area (Å²) >= 11 is 0. The third-order valence-electron chi connectivity index (χ3n) is 5.60. The van der Waals surface area contributed by atoms with E-state index in [-0.39, 0.29) is 5.91 Å². The fourth-order valence-electron chi connectivity index (χ4n) is 4.03. The van der Waals surface area contributed by atoms with Crippen LogP contribution in [0.4, 0.5) is 0 Å². The highest BCUT2D eigenvalue weighted by Gasteiger charge is 2.45. The first-order chi connectivity index (χ1) is 10.1. The highest BCUT2D eigenvalue weighted by atomic mass is 16.5. The van der Waals surface area contributed by atoms with E-state index in [0.717, 1.165) is 45.3 Å². The molecule has 21 heavy (non-hydrogen) atoms. The molecule has 0 radical (unpaired) electrons. The number of carbonyl (C=O) groups excluding carboxylic acids is 1. The van der Waals surface area contributed by atoms with E-state index in [1.807, 2.05) is 0 Å². The topological polar surface area (TPSA) is 67.6 Å². The van der Waals surface area contributed by atoms with Crippen LogP contribution < -0.4 is 11.1 Å². The third-order valence-corrected chi connectivity index (χ3v) is 5.60. The van der Waals surface area contributed by atoms with Gasteiger partial charge in [-0.05, 0) is 58.4 Å². The maximum Gasteiger partial charge on any atom is 0.237 e. The van der Waals surface area contributed by atoms with Crippen molar-refractivity contribution in [3.05, 3.63) is 0 Å². The van der Waals surface area contributed by atoms with E-state index < -0.39 is 5.54 Å². The Balaban J connectivity index is 1.66. The summed E-state index contributed by atoms with van der Waals surface area (Å²) in [6, 6.07) is 1.57. The number of hydrogen-bond donors (Lipinski definition) is 2. The second kappa shape index (κ2) is 6.23. The number of nitrogens with two attached hydrogens (primary N) is 1. The van der Waals surface area contributed by atoms with E-state index in [0.29, 0.717) is 18.1 Å². The van der Waals surface area contributed by atoms with Gasteiger partial charge in [0.25, 0.3) is 0 Å². The zero-order valence-corrected chi connectivity index (χ0v) is 13.1. The first-order valence-corrected chi connectivity index (χ1v) is 8.48. The number of ether oxygens (including phenoxy) is 1. The first kappa shape index (κ1) is 15.3. The van der Waals surface area contributed by atoms with Crippen LogP contribution in [0.15, 0.2) is 0 Å². The lowest BCUT2D eigenvalue weighted by molar-refractivity contribution is -0.127. The van der Waals surface area contributed by atoms with Gasteiger partial charge in [0.1, 0.15) is 0 Å². The van der Waals surface area contributed by atoms with Crippen LogP contribution in [0.2, 0.25) is 0 Å². The van der Waals surface area contributed by atoms with Crippen molar-refractivity contribution in [2.45, 2.75) is 75.0 Å². The van der Waals surface area contributed by atoms with Gasteiger partial charge in [-0.15, -0.1) is 0 Å². The molecule has 0 aromatic carbocycles. The van der Waals surface area contributed by atoms with Crippen molar-refractivity contribution in [2.75, 3.05) is 20.3 Å². The lowest BCUT2D eigenvalue weighted by Crippen LogP contribution is -2.61. The predicted octanol–water partition coefficient (Wildman–Crippen LogP) is 1.02. The molecule has 3 aliphatic rings. The van der Waals surface area contributed by atoms with Crippen molar-refractivity contribution >= 4 is 5.91 Å². The Morgan fingerprint density at radius 3 is 2.52 bits per heavy atom. The summed E-state index contributed by atoms with van der Waals surface area (Å²) in [5, 5.41) is 3.57. The number of carbonyl (C=O) groups is 1. The summed E-state index contributed by atoms with van der Waals surface area (Å²) in [5.41, 5.74) is 5.31. The van der Waals surface area contributed by atoms with Crippen LogP contribution in [0.3, 0.4) is 0 Å². The molecule has 3 fully saturated rings. The Hall–Kier alpha value is -0.650. The van der Waals surface area contributed by atoms with E-state index in [1.165, 1.54) is 19.3 Å². The zero-order chi connectivity index (χ0) is 14.9. The summed E-state index contributed by atoms with van der Waals surface area (Å²) in [7, 11) is 2.22. The fourth-order valence-corrected chi connectivity index (χ4v) is 4.03. The number of amides is 1. The molecule has 2 aliphatic carbocycles. The van der Waals surface area contributed by atoms with Gasteiger partial charge in [0, 0.05) is 31.3 Å². The van der Waals surface area contributed by atoms with Crippen molar-refractivity contribution in [1.82, 2.24) is 10.2 Å². The quantitative estimate of drug-likeness (QED) is 0.794. The number of nitrogens with zero attached hydrogens (tertiary/aromatic N) is 1. The Labute approximate surface area is 127 Å². The van der Waals surface area contributed by atoms with E-state index >= 15 is 0 Å². The molecule has 120 valence electrons. The summed E-state index contributed by atoms with van der Waals surface area (Å²) in [6.07, 6.45) is 8.62. The Morgan fingerprint density at radius 1 is 1.19 bits per heavy atom. The maximum absolute atomic E-state index is 12.1. The molecule has 5 nitrogen and oxygen atoms in total. The minimum Gasteiger partial charge on any atom is -0.381 e. The number of hydrogen-bond acceptors (Lipinski definition) is 4. The number of nitrogens with one attached hydrogen (secondary N) is 1. The fraction of sp³-hybridized carbons (Fsp3) is 0.938. The molecule has 2 atom stereocenters. The minimum atomic E-state index is -0.469. The molecular weight excluding hydrogens is 266 g/mol. The van der Waals surface area contributed by atoms with Crippen LogP contribution in [0.5, 0.6) is 0 Å². The van der Waals surface area contributed by atoms with E-state index in [4.69, 9.17) is 10.5 Å². The average molecular weight is 295 g/mol. The SMILES string of the molecule is CN(C1CCOCC1)C1CCCC(NC2CC2)(C(N)=O)C1. The molecule has 3 rings (SSSR count). The molecule has 1 aliphatic heterocycles. The molecule has 0 bridgehead atoms. The van der Waals surface area contributed by atoms with Crippen molar-refractivity contribution < 1.29 is 9.53 Å². The van der Waals surface area contributed by atoms with Gasteiger partial charge < -0.3 is 20.7 Å². The van der Waals surface area contributed by atoms with Gasteiger partial charge in [-0.2, -0.15) is 0 Å². The van der Waals surface area contributed by atoms with E-state index in [9.17, 15) is 4.79 Å². The molecule has 1 heterocycles. The van der Waals surface area contributed by atoms with E-state index in [2.05, 4.69) is 17.3 Å². The summed E-state index contributed by atoms with van der Waals surface area (Å²) in [4.78, 5) is 14.6. The molecule has 0 aromatic heterocycles. The Kier molecular flexibility index (Phi) is 4.52. The van der Waals surface area contributed by atoms with Gasteiger partial charge in [-0.1, -0.05) is 0 Å². The number of primary amides is 1. The van der Waals surface area contributed by atoms with Crippen LogP contribution in [-0.2, 0) is 9.53 Å². The summed E-state index contributed by atoms with van der Waals surface area (Å²) < 4.78 is 5.46. The van der Waals surface area contributed by atoms with E-state index in [1.54, 1.807) is 0 Å². The van der Waals surface area contributed by atoms with Crippen molar-refractivity contribution in [3.63, 3.8) is 0 Å². The van der Waals surface area contributed by atoms with Gasteiger partial charge in [0.05, 0.1) is 5.54 Å². The highest BCUT2D eigenvalue weighted by Crippen LogP contribution is 2.35. The summed E-state index contributed by atoms with van der Waals surface area (Å²) in [6.45, 7) is 1.73. The van der Waals surface area contributed by atoms with Gasteiger partial charge in [-0.3, -0.25) is 4.79 Å². The standard InChI is InChI=1S/C16H29N3O2/c1-19(13-6-9-21-10-7-13)14-3-2-8-16(11-14,15(17)20)18-12-4-5-12/h12-14,18H,2-11H2,1H3,(H2,17,20). The lowest BCUT2D eigenvalue weighted by Gasteiger charge is -2.45. The molecule has 0 spiro atoms. The molecule has 1 amide bonds. The molecule has 5 heteroatoms. The highest BCUT2D eigenvalue weighted by molar-refractivity contribution is 5.85. The lowest BCUT2D eigenvalue weighted by atomic mass is 9.77. The third kappa shape index (κ3) is 3.41. The second-order valence-corrected chi connectivity index (χ2v) is 7.12. The maximum atomic E-state index is 12.1. The zero-order valence-electron chi connectivity index (χ0n) is 13.1. The second-order valence-electron chi connectivity index (χ2n) is 7.12. The average Bonchev–Trinajstić information content (AvgIpc) is 3.31. The van der Waals surface area contributed by atoms with Crippen molar-refractivity contribution in [1.29, 1.82) is 0 Å². The molecular formula is C16H29N3O2. The summed E-state index contributed by atoms with van der Waals surface area (Å²) in [5.74, 6) is -0.153. The van der Waals surface area contributed by atoms with Crippen LogP contribution in [0, 0.1) is 0 Å². The van der Waals surface area contributed by atoms with Crippen LogP contribution in [0.25, 0.3) is 0 Å². The molecule has 0 aromatic rings. The molecule has 2 saturated carbocycles. The first-order valence-electron chi connectivity index (χ1n) is 8.48. The van der Waals surface area contributed by atoms with Gasteiger partial charge >= 0.3 is 0 Å². The van der Waals surface area contributed by atoms with Gasteiger partial charge in [0.15, 0.2) is 0 Å². The monoisotopic (exact) mass is 295 g/mol. The van der Waals surface area contributed by atoms with Gasteiger partial charge in [-0.25, -0.2) is 0 Å². The number of rotatable bonds is 5. The van der Waals surface area contributed by atoms with Crippen molar-refractivity contribution in [2.24, 2.45) is 5.73 Å². The minimum absolute atomic E-state index is 0.153. The van der Waals surface area contributed by atoms with Crippen LogP contribution >= 0.6 is 0 Å². The Bertz CT molecular complexity index is 380. The largest absolute Gasteiger partial charge is 0.381 e. The van der Waals surface area contributed by atoms with Crippen LogP contribution in [0.1, 0.15) is 51.4 Å². The van der Waals surface area contributed by atoms with Crippen molar-refractivity contribution in [3.8, 4) is 0 Å². The van der Waals surface area contributed by atoms with Crippen LogP contribution in [-0.4, -0.2) is 54.7 Å². The van der Waals surface area contributed by atoms with Gasteiger partial charge in [0.2, 0.25) is 5.91 Å². The smallest absolute Gasteiger partial charge is 0.237 e. The molecule has 3 N–H and O–H groups in total. The molecule has 2 unspecified atom stereocenters. The normalized spacial score (nSPS) is 35.0. The molecule has 1 saturated heterocycles.